The lowest BCUT2D eigenvalue weighted by molar-refractivity contribution is 0.787. The van der Waals surface area contributed by atoms with Gasteiger partial charge in [-0.05, 0) is 25.1 Å². The lowest BCUT2D eigenvalue weighted by atomic mass is 10.3. The van der Waals surface area contributed by atoms with Crippen molar-refractivity contribution in [3.8, 4) is 0 Å². The van der Waals surface area contributed by atoms with Crippen LogP contribution in [0.25, 0.3) is 0 Å². The van der Waals surface area contributed by atoms with Crippen molar-refractivity contribution in [3.63, 3.8) is 0 Å². The van der Waals surface area contributed by atoms with Gasteiger partial charge in [0.25, 0.3) is 0 Å². The molecule has 1 aromatic heterocycles. The Bertz CT molecular complexity index is 265. The van der Waals surface area contributed by atoms with E-state index in [0.29, 0.717) is 11.6 Å². The van der Waals surface area contributed by atoms with Crippen LogP contribution in [0.5, 0.6) is 0 Å². The van der Waals surface area contributed by atoms with Gasteiger partial charge in [0.05, 0.1) is 5.02 Å². The summed E-state index contributed by atoms with van der Waals surface area (Å²) < 4.78 is 0. The van der Waals surface area contributed by atoms with Crippen LogP contribution < -0.4 is 10.6 Å². The minimum absolute atomic E-state index is 0.682. The second kappa shape index (κ2) is 5.04. The molecule has 0 spiro atoms. The molecular formula is C9H14ClN3. The number of nitrogens with two attached hydrogens (primary N) is 1. The zero-order valence-corrected chi connectivity index (χ0v) is 8.46. The number of hydrogen-bond acceptors (Lipinski definition) is 3. The van der Waals surface area contributed by atoms with Gasteiger partial charge in [0.15, 0.2) is 0 Å². The van der Waals surface area contributed by atoms with Crippen LogP contribution >= 0.6 is 11.6 Å². The minimum Gasteiger partial charge on any atom is -0.358 e. The van der Waals surface area contributed by atoms with Crippen molar-refractivity contribution in [2.45, 2.75) is 6.42 Å². The molecule has 0 saturated carbocycles. The maximum Gasteiger partial charge on any atom is 0.147 e. The number of rotatable bonds is 4. The van der Waals surface area contributed by atoms with Crippen molar-refractivity contribution in [2.24, 2.45) is 5.73 Å². The topological polar surface area (TPSA) is 42.1 Å². The van der Waals surface area contributed by atoms with Crippen molar-refractivity contribution in [3.05, 3.63) is 23.4 Å². The highest BCUT2D eigenvalue weighted by molar-refractivity contribution is 6.32. The van der Waals surface area contributed by atoms with Gasteiger partial charge in [0.2, 0.25) is 0 Å². The normalized spacial score (nSPS) is 10.1. The quantitative estimate of drug-likeness (QED) is 0.800. The van der Waals surface area contributed by atoms with E-state index in [9.17, 15) is 0 Å². The summed E-state index contributed by atoms with van der Waals surface area (Å²) >= 11 is 5.96. The molecule has 13 heavy (non-hydrogen) atoms. The zero-order chi connectivity index (χ0) is 9.68. The molecule has 72 valence electrons. The number of anilines is 1. The summed E-state index contributed by atoms with van der Waals surface area (Å²) in [6.07, 6.45) is 2.68. The van der Waals surface area contributed by atoms with E-state index in [1.54, 1.807) is 6.20 Å². The van der Waals surface area contributed by atoms with Gasteiger partial charge in [0, 0.05) is 19.8 Å². The molecule has 2 N–H and O–H groups in total. The molecule has 1 heterocycles. The average molecular weight is 200 g/mol. The fourth-order valence-electron chi connectivity index (χ4n) is 1.09. The van der Waals surface area contributed by atoms with Crippen LogP contribution in [0.1, 0.15) is 6.42 Å². The maximum atomic E-state index is 5.96. The molecule has 0 atom stereocenters. The molecule has 0 aliphatic heterocycles. The third-order valence-corrected chi connectivity index (χ3v) is 2.09. The molecule has 3 nitrogen and oxygen atoms in total. The highest BCUT2D eigenvalue weighted by atomic mass is 35.5. The van der Waals surface area contributed by atoms with Gasteiger partial charge in [-0.3, -0.25) is 0 Å². The standard InChI is InChI=1S/C9H14ClN3/c1-13(7-3-5-11)9-8(10)4-2-6-12-9/h2,4,6H,3,5,7,11H2,1H3. The van der Waals surface area contributed by atoms with E-state index in [-0.39, 0.29) is 0 Å². The van der Waals surface area contributed by atoms with Crippen molar-refractivity contribution in [2.75, 3.05) is 25.0 Å². The van der Waals surface area contributed by atoms with E-state index in [1.165, 1.54) is 0 Å². The van der Waals surface area contributed by atoms with Crippen LogP contribution in [0.2, 0.25) is 5.02 Å². The van der Waals surface area contributed by atoms with Crippen LogP contribution in [0.4, 0.5) is 5.82 Å². The van der Waals surface area contributed by atoms with Crippen LogP contribution in [0.15, 0.2) is 18.3 Å². The predicted molar refractivity (Wildman–Crippen MR) is 56.2 cm³/mol. The third-order valence-electron chi connectivity index (χ3n) is 1.80. The summed E-state index contributed by atoms with van der Waals surface area (Å²) in [6, 6.07) is 3.66. The Hall–Kier alpha value is -0.800. The molecule has 0 radical (unpaired) electrons. The molecule has 1 rings (SSSR count). The Balaban J connectivity index is 2.65. The largest absolute Gasteiger partial charge is 0.358 e. The minimum atomic E-state index is 0.682. The van der Waals surface area contributed by atoms with Gasteiger partial charge in [-0.2, -0.15) is 0 Å². The second-order valence-electron chi connectivity index (χ2n) is 2.87. The van der Waals surface area contributed by atoms with Gasteiger partial charge in [-0.15, -0.1) is 0 Å². The smallest absolute Gasteiger partial charge is 0.147 e. The Morgan fingerprint density at radius 2 is 2.38 bits per heavy atom. The van der Waals surface area contributed by atoms with E-state index < -0.39 is 0 Å². The third kappa shape index (κ3) is 2.86. The van der Waals surface area contributed by atoms with E-state index in [1.807, 2.05) is 24.1 Å². The summed E-state index contributed by atoms with van der Waals surface area (Å²) in [4.78, 5) is 6.19. The molecule has 0 fully saturated rings. The predicted octanol–water partition coefficient (Wildman–Crippen LogP) is 1.52. The Morgan fingerprint density at radius 3 is 3.00 bits per heavy atom. The van der Waals surface area contributed by atoms with Crippen LogP contribution in [-0.2, 0) is 0 Å². The first-order valence-corrected chi connectivity index (χ1v) is 4.65. The average Bonchev–Trinajstić information content (AvgIpc) is 2.15. The molecule has 0 bridgehead atoms. The Labute approximate surface area is 83.5 Å². The van der Waals surface area contributed by atoms with Crippen LogP contribution in [0, 0.1) is 0 Å². The van der Waals surface area contributed by atoms with Gasteiger partial charge < -0.3 is 10.6 Å². The van der Waals surface area contributed by atoms with Gasteiger partial charge >= 0.3 is 0 Å². The van der Waals surface area contributed by atoms with Gasteiger partial charge in [-0.25, -0.2) is 4.98 Å². The van der Waals surface area contributed by atoms with Crippen LogP contribution in [0.3, 0.4) is 0 Å². The molecule has 0 aliphatic carbocycles. The highest BCUT2D eigenvalue weighted by Crippen LogP contribution is 2.20. The Kier molecular flexibility index (Phi) is 3.99. The summed E-state index contributed by atoms with van der Waals surface area (Å²) in [5.74, 6) is 0.817. The first kappa shape index (κ1) is 10.3. The second-order valence-corrected chi connectivity index (χ2v) is 3.28. The van der Waals surface area contributed by atoms with Crippen molar-refractivity contribution < 1.29 is 0 Å². The molecule has 0 aromatic carbocycles. The summed E-state index contributed by atoms with van der Waals surface area (Å²) in [7, 11) is 1.96. The molecule has 0 aliphatic rings. The van der Waals surface area contributed by atoms with E-state index in [4.69, 9.17) is 17.3 Å². The van der Waals surface area contributed by atoms with Crippen LogP contribution in [-0.4, -0.2) is 25.1 Å². The van der Waals surface area contributed by atoms with Crippen molar-refractivity contribution >= 4 is 17.4 Å². The molecule has 0 amide bonds. The van der Waals surface area contributed by atoms with E-state index in [2.05, 4.69) is 4.98 Å². The fourth-order valence-corrected chi connectivity index (χ4v) is 1.36. The first-order chi connectivity index (χ1) is 6.25. The van der Waals surface area contributed by atoms with Gasteiger partial charge in [0.1, 0.15) is 5.82 Å². The first-order valence-electron chi connectivity index (χ1n) is 4.27. The highest BCUT2D eigenvalue weighted by Gasteiger charge is 2.05. The van der Waals surface area contributed by atoms with E-state index in [0.717, 1.165) is 18.8 Å². The zero-order valence-electron chi connectivity index (χ0n) is 7.70. The van der Waals surface area contributed by atoms with E-state index >= 15 is 0 Å². The molecular weight excluding hydrogens is 186 g/mol. The van der Waals surface area contributed by atoms with Crippen molar-refractivity contribution in [1.29, 1.82) is 0 Å². The molecule has 4 heteroatoms. The lowest BCUT2D eigenvalue weighted by Crippen LogP contribution is -2.22. The summed E-state index contributed by atoms with van der Waals surface area (Å²) in [5.41, 5.74) is 5.41. The summed E-state index contributed by atoms with van der Waals surface area (Å²) in [5, 5.41) is 0.682. The Morgan fingerprint density at radius 1 is 1.62 bits per heavy atom. The molecule has 1 aromatic rings. The number of hydrogen-bond donors (Lipinski definition) is 1. The number of halogens is 1. The SMILES string of the molecule is CN(CCCN)c1ncccc1Cl. The number of pyridine rings is 1. The molecule has 0 saturated heterocycles. The maximum absolute atomic E-state index is 5.96. The number of aromatic nitrogens is 1. The lowest BCUT2D eigenvalue weighted by Gasteiger charge is -2.18. The summed E-state index contributed by atoms with van der Waals surface area (Å²) in [6.45, 7) is 1.57. The number of nitrogens with zero attached hydrogens (tertiary/aromatic N) is 2. The van der Waals surface area contributed by atoms with Crippen molar-refractivity contribution in [1.82, 2.24) is 4.98 Å². The molecule has 0 unspecified atom stereocenters. The van der Waals surface area contributed by atoms with Gasteiger partial charge in [-0.1, -0.05) is 11.6 Å². The monoisotopic (exact) mass is 199 g/mol. The fraction of sp³-hybridized carbons (Fsp3) is 0.444.